The number of rotatable bonds is 6. The third-order valence-electron chi connectivity index (χ3n) is 4.43. The maximum atomic E-state index is 3.68. The molecule has 0 amide bonds. The average molecular weight is 238 g/mol. The lowest BCUT2D eigenvalue weighted by atomic mass is 10.0. The van der Waals surface area contributed by atoms with E-state index in [0.717, 1.165) is 5.92 Å². The van der Waals surface area contributed by atoms with Gasteiger partial charge in [0.25, 0.3) is 0 Å². The summed E-state index contributed by atoms with van der Waals surface area (Å²) < 4.78 is 0. The van der Waals surface area contributed by atoms with Gasteiger partial charge >= 0.3 is 0 Å². The quantitative estimate of drug-likeness (QED) is 0.565. The van der Waals surface area contributed by atoms with Gasteiger partial charge in [-0.25, -0.2) is 0 Å². The zero-order chi connectivity index (χ0) is 11.8. The molecular weight excluding hydrogens is 208 g/mol. The highest BCUT2D eigenvalue weighted by molar-refractivity contribution is 4.69. The minimum atomic E-state index is 0.976. The van der Waals surface area contributed by atoms with E-state index in [1.54, 1.807) is 0 Å². The third kappa shape index (κ3) is 5.39. The Labute approximate surface area is 107 Å². The van der Waals surface area contributed by atoms with Gasteiger partial charge in [0, 0.05) is 0 Å². The van der Waals surface area contributed by atoms with Crippen LogP contribution in [-0.2, 0) is 0 Å². The van der Waals surface area contributed by atoms with Crippen molar-refractivity contribution in [2.24, 2.45) is 5.92 Å². The molecular formula is C15H30N2. The molecule has 17 heavy (non-hydrogen) atoms. The van der Waals surface area contributed by atoms with Gasteiger partial charge < -0.3 is 10.2 Å². The molecule has 0 aromatic heterocycles. The summed E-state index contributed by atoms with van der Waals surface area (Å²) in [4.78, 5) is 2.62. The highest BCUT2D eigenvalue weighted by Crippen LogP contribution is 2.21. The minimum Gasteiger partial charge on any atom is -0.316 e. The largest absolute Gasteiger partial charge is 0.316 e. The van der Waals surface area contributed by atoms with Crippen molar-refractivity contribution in [1.29, 1.82) is 0 Å². The number of hydrogen-bond acceptors (Lipinski definition) is 2. The van der Waals surface area contributed by atoms with Gasteiger partial charge in [0.1, 0.15) is 0 Å². The maximum Gasteiger partial charge on any atom is -0.000664 e. The molecule has 0 aromatic rings. The third-order valence-corrected chi connectivity index (χ3v) is 4.43. The van der Waals surface area contributed by atoms with E-state index in [0.29, 0.717) is 0 Å². The predicted molar refractivity (Wildman–Crippen MR) is 74.4 cm³/mol. The van der Waals surface area contributed by atoms with Gasteiger partial charge in [-0.3, -0.25) is 0 Å². The average Bonchev–Trinajstić information content (AvgIpc) is 2.72. The van der Waals surface area contributed by atoms with Gasteiger partial charge in [0.2, 0.25) is 0 Å². The van der Waals surface area contributed by atoms with Crippen molar-refractivity contribution in [3.63, 3.8) is 0 Å². The maximum absolute atomic E-state index is 3.68. The van der Waals surface area contributed by atoms with Crippen LogP contribution >= 0.6 is 0 Å². The molecule has 1 saturated carbocycles. The molecule has 0 unspecified atom stereocenters. The molecule has 0 atom stereocenters. The van der Waals surface area contributed by atoms with Crippen LogP contribution in [0.1, 0.15) is 57.8 Å². The smallest absolute Gasteiger partial charge is 0.000664 e. The number of nitrogens with one attached hydrogen (secondary N) is 1. The molecule has 0 aromatic carbocycles. The first kappa shape index (κ1) is 13.4. The van der Waals surface area contributed by atoms with E-state index in [1.165, 1.54) is 90.5 Å². The van der Waals surface area contributed by atoms with Gasteiger partial charge in [-0.1, -0.05) is 25.7 Å². The van der Waals surface area contributed by atoms with Crippen molar-refractivity contribution in [1.82, 2.24) is 10.2 Å². The summed E-state index contributed by atoms with van der Waals surface area (Å²) in [5.41, 5.74) is 0. The van der Waals surface area contributed by atoms with Gasteiger partial charge in [0.15, 0.2) is 0 Å². The zero-order valence-corrected chi connectivity index (χ0v) is 11.4. The van der Waals surface area contributed by atoms with Crippen LogP contribution in [0.4, 0.5) is 0 Å². The molecule has 0 radical (unpaired) electrons. The molecule has 1 aliphatic heterocycles. The Kier molecular flexibility index (Phi) is 6.36. The molecule has 2 rings (SSSR count). The summed E-state index contributed by atoms with van der Waals surface area (Å²) in [7, 11) is 0. The Balaban J connectivity index is 1.44. The first-order chi connectivity index (χ1) is 8.45. The lowest BCUT2D eigenvalue weighted by Crippen LogP contribution is -2.27. The summed E-state index contributed by atoms with van der Waals surface area (Å²) in [6, 6.07) is 0. The van der Waals surface area contributed by atoms with Crippen molar-refractivity contribution in [2.75, 3.05) is 32.7 Å². The molecule has 100 valence electrons. The van der Waals surface area contributed by atoms with E-state index in [1.807, 2.05) is 0 Å². The molecule has 0 spiro atoms. The number of nitrogens with zero attached hydrogens (tertiary/aromatic N) is 1. The molecule has 2 fully saturated rings. The molecule has 0 bridgehead atoms. The first-order valence-electron chi connectivity index (χ1n) is 7.88. The van der Waals surface area contributed by atoms with Gasteiger partial charge in [-0.05, 0) is 70.7 Å². The zero-order valence-electron chi connectivity index (χ0n) is 11.4. The topological polar surface area (TPSA) is 15.3 Å². The van der Waals surface area contributed by atoms with Crippen LogP contribution in [0, 0.1) is 5.92 Å². The van der Waals surface area contributed by atoms with Crippen LogP contribution in [0.2, 0.25) is 0 Å². The van der Waals surface area contributed by atoms with Crippen molar-refractivity contribution in [2.45, 2.75) is 57.8 Å². The van der Waals surface area contributed by atoms with E-state index >= 15 is 0 Å². The van der Waals surface area contributed by atoms with Crippen LogP contribution in [0.5, 0.6) is 0 Å². The second-order valence-corrected chi connectivity index (χ2v) is 5.96. The van der Waals surface area contributed by atoms with Gasteiger partial charge in [-0.2, -0.15) is 0 Å². The highest BCUT2D eigenvalue weighted by Gasteiger charge is 2.12. The van der Waals surface area contributed by atoms with E-state index in [4.69, 9.17) is 0 Å². The van der Waals surface area contributed by atoms with Gasteiger partial charge in [0.05, 0.1) is 0 Å². The first-order valence-corrected chi connectivity index (χ1v) is 7.88. The standard InChI is InChI=1S/C15H30N2/c1-2-4-9-15(8-3-1)14-16-10-7-13-17-11-5-6-12-17/h15-16H,1-14H2. The monoisotopic (exact) mass is 238 g/mol. The Morgan fingerprint density at radius 3 is 2.29 bits per heavy atom. The highest BCUT2D eigenvalue weighted by atomic mass is 15.1. The van der Waals surface area contributed by atoms with Crippen molar-refractivity contribution >= 4 is 0 Å². The molecule has 1 heterocycles. The molecule has 2 heteroatoms. The van der Waals surface area contributed by atoms with Crippen LogP contribution in [-0.4, -0.2) is 37.6 Å². The Morgan fingerprint density at radius 1 is 0.882 bits per heavy atom. The lowest BCUT2D eigenvalue weighted by molar-refractivity contribution is 0.327. The molecule has 1 N–H and O–H groups in total. The second kappa shape index (κ2) is 8.10. The van der Waals surface area contributed by atoms with E-state index in [-0.39, 0.29) is 0 Å². The fourth-order valence-electron chi connectivity index (χ4n) is 3.31. The second-order valence-electron chi connectivity index (χ2n) is 5.96. The Morgan fingerprint density at radius 2 is 1.59 bits per heavy atom. The summed E-state index contributed by atoms with van der Waals surface area (Å²) in [5, 5.41) is 3.68. The molecule has 1 saturated heterocycles. The van der Waals surface area contributed by atoms with Crippen molar-refractivity contribution in [3.8, 4) is 0 Å². The van der Waals surface area contributed by atoms with E-state index in [9.17, 15) is 0 Å². The van der Waals surface area contributed by atoms with Crippen molar-refractivity contribution in [3.05, 3.63) is 0 Å². The summed E-state index contributed by atoms with van der Waals surface area (Å²) in [6.07, 6.45) is 13.0. The predicted octanol–water partition coefficient (Wildman–Crippen LogP) is 3.03. The SMILES string of the molecule is C1CCCC(CNCCCN2CCCC2)CC1. The molecule has 2 aliphatic rings. The fourth-order valence-corrected chi connectivity index (χ4v) is 3.31. The number of hydrogen-bond donors (Lipinski definition) is 1. The fraction of sp³-hybridized carbons (Fsp3) is 1.00. The Hall–Kier alpha value is -0.0800. The van der Waals surface area contributed by atoms with Crippen LogP contribution in [0.15, 0.2) is 0 Å². The summed E-state index contributed by atoms with van der Waals surface area (Å²) in [5.74, 6) is 0.976. The van der Waals surface area contributed by atoms with Crippen LogP contribution < -0.4 is 5.32 Å². The van der Waals surface area contributed by atoms with Gasteiger partial charge in [-0.15, -0.1) is 0 Å². The van der Waals surface area contributed by atoms with Crippen LogP contribution in [0.3, 0.4) is 0 Å². The summed E-state index contributed by atoms with van der Waals surface area (Å²) in [6.45, 7) is 6.52. The lowest BCUT2D eigenvalue weighted by Gasteiger charge is -2.17. The van der Waals surface area contributed by atoms with Crippen LogP contribution in [0.25, 0.3) is 0 Å². The van der Waals surface area contributed by atoms with Crippen molar-refractivity contribution < 1.29 is 0 Å². The van der Waals surface area contributed by atoms with E-state index in [2.05, 4.69) is 10.2 Å². The Bertz CT molecular complexity index is 179. The molecule has 1 aliphatic carbocycles. The summed E-state index contributed by atoms with van der Waals surface area (Å²) >= 11 is 0. The minimum absolute atomic E-state index is 0.976. The number of likely N-dealkylation sites (tertiary alicyclic amines) is 1. The molecule has 2 nitrogen and oxygen atoms in total. The normalized spacial score (nSPS) is 24.0. The van der Waals surface area contributed by atoms with E-state index < -0.39 is 0 Å².